The SMILES string of the molecule is CO[P+](N(C)C)(N(C)C)C(F)(F)C(=O)O. The minimum absolute atomic E-state index is 1.09. The van der Waals surface area contributed by atoms with Crippen LogP contribution >= 0.6 is 7.79 Å². The molecule has 90 valence electrons. The third-order valence-corrected chi connectivity index (χ3v) is 5.56. The van der Waals surface area contributed by atoms with Crippen molar-refractivity contribution in [3.8, 4) is 0 Å². The number of rotatable bonds is 5. The lowest BCUT2D eigenvalue weighted by Crippen LogP contribution is -2.44. The van der Waals surface area contributed by atoms with E-state index >= 15 is 0 Å². The summed E-state index contributed by atoms with van der Waals surface area (Å²) in [5.41, 5.74) is -3.94. The van der Waals surface area contributed by atoms with Crippen molar-refractivity contribution in [2.24, 2.45) is 0 Å². The van der Waals surface area contributed by atoms with E-state index in [0.29, 0.717) is 0 Å². The number of hydrogen-bond donors (Lipinski definition) is 1. The molecule has 0 aliphatic heterocycles. The summed E-state index contributed by atoms with van der Waals surface area (Å²) in [6, 6.07) is 0. The van der Waals surface area contributed by atoms with Gasteiger partial charge < -0.3 is 5.11 Å². The molecule has 0 unspecified atom stereocenters. The van der Waals surface area contributed by atoms with E-state index in [-0.39, 0.29) is 0 Å². The maximum Gasteiger partial charge on any atom is 0.512 e. The second kappa shape index (κ2) is 4.65. The molecular weight excluding hydrogens is 229 g/mol. The third kappa shape index (κ3) is 2.10. The fourth-order valence-corrected chi connectivity index (χ4v) is 4.28. The van der Waals surface area contributed by atoms with Crippen LogP contribution in [0.3, 0.4) is 0 Å². The van der Waals surface area contributed by atoms with E-state index in [1.165, 1.54) is 28.2 Å². The van der Waals surface area contributed by atoms with Crippen LogP contribution < -0.4 is 0 Å². The second-order valence-electron chi connectivity index (χ2n) is 3.27. The van der Waals surface area contributed by atoms with Gasteiger partial charge in [-0.2, -0.15) is 13.3 Å². The van der Waals surface area contributed by atoms with Crippen molar-refractivity contribution in [3.05, 3.63) is 0 Å². The van der Waals surface area contributed by atoms with Crippen molar-refractivity contribution < 1.29 is 23.2 Å². The van der Waals surface area contributed by atoms with Gasteiger partial charge in [0.1, 0.15) is 0 Å². The minimum atomic E-state index is -3.94. The number of nitrogens with zero attached hydrogens (tertiary/aromatic N) is 2. The molecule has 0 aromatic rings. The first kappa shape index (κ1) is 14.6. The van der Waals surface area contributed by atoms with Gasteiger partial charge in [0.25, 0.3) is 0 Å². The molecule has 5 nitrogen and oxygen atoms in total. The van der Waals surface area contributed by atoms with Crippen LogP contribution in [0.25, 0.3) is 0 Å². The fraction of sp³-hybridized carbons (Fsp3) is 0.857. The van der Waals surface area contributed by atoms with Crippen LogP contribution in [0, 0.1) is 0 Å². The van der Waals surface area contributed by atoms with Gasteiger partial charge in [-0.1, -0.05) is 0 Å². The van der Waals surface area contributed by atoms with Crippen molar-refractivity contribution in [2.45, 2.75) is 5.66 Å². The van der Waals surface area contributed by atoms with Gasteiger partial charge in [-0.05, 0) is 0 Å². The molecule has 0 aromatic heterocycles. The summed E-state index contributed by atoms with van der Waals surface area (Å²) in [6.45, 7) is 0. The molecule has 15 heavy (non-hydrogen) atoms. The highest BCUT2D eigenvalue weighted by molar-refractivity contribution is 7.68. The summed E-state index contributed by atoms with van der Waals surface area (Å²) < 4.78 is 34.3. The van der Waals surface area contributed by atoms with E-state index in [0.717, 1.165) is 16.5 Å². The molecule has 0 fully saturated rings. The highest BCUT2D eigenvalue weighted by Crippen LogP contribution is 2.73. The molecule has 0 saturated carbocycles. The molecule has 0 atom stereocenters. The Bertz CT molecular complexity index is 240. The predicted octanol–water partition coefficient (Wildman–Crippen LogP) is 1.20. The Hall–Kier alpha value is -0.360. The Morgan fingerprint density at radius 2 is 1.60 bits per heavy atom. The van der Waals surface area contributed by atoms with E-state index in [1.807, 2.05) is 0 Å². The Kier molecular flexibility index (Phi) is 4.54. The van der Waals surface area contributed by atoms with E-state index < -0.39 is 19.4 Å². The number of hydrogen-bond acceptors (Lipinski definition) is 4. The Morgan fingerprint density at radius 3 is 1.67 bits per heavy atom. The molecule has 0 bridgehead atoms. The third-order valence-electron chi connectivity index (χ3n) is 1.96. The first-order valence-electron chi connectivity index (χ1n) is 4.06. The van der Waals surface area contributed by atoms with Crippen LogP contribution in [0.1, 0.15) is 0 Å². The summed E-state index contributed by atoms with van der Waals surface area (Å²) in [5, 5.41) is 8.55. The second-order valence-corrected chi connectivity index (χ2v) is 6.88. The average molecular weight is 245 g/mol. The summed E-state index contributed by atoms with van der Waals surface area (Å²) in [6.07, 6.45) is 0. The van der Waals surface area contributed by atoms with Crippen LogP contribution in [-0.4, -0.2) is 61.4 Å². The van der Waals surface area contributed by atoms with Gasteiger partial charge in [0.15, 0.2) is 0 Å². The van der Waals surface area contributed by atoms with Gasteiger partial charge in [-0.3, -0.25) is 0 Å². The largest absolute Gasteiger partial charge is 0.512 e. The highest BCUT2D eigenvalue weighted by Gasteiger charge is 2.74. The zero-order valence-electron chi connectivity index (χ0n) is 9.36. The van der Waals surface area contributed by atoms with Crippen molar-refractivity contribution >= 4 is 13.8 Å². The Balaban J connectivity index is 5.54. The molecule has 1 N–H and O–H groups in total. The molecular formula is C7H16F2N2O3P+. The van der Waals surface area contributed by atoms with E-state index in [2.05, 4.69) is 0 Å². The molecule has 8 heteroatoms. The van der Waals surface area contributed by atoms with Crippen LogP contribution in [0.4, 0.5) is 8.78 Å². The first-order valence-corrected chi connectivity index (χ1v) is 5.67. The maximum atomic E-state index is 13.6. The summed E-state index contributed by atoms with van der Waals surface area (Å²) in [4.78, 5) is 10.6. The van der Waals surface area contributed by atoms with Crippen LogP contribution in [0.15, 0.2) is 0 Å². The Labute approximate surface area is 88.1 Å². The van der Waals surface area contributed by atoms with E-state index in [4.69, 9.17) is 9.63 Å². The van der Waals surface area contributed by atoms with Crippen LogP contribution in [-0.2, 0) is 9.32 Å². The summed E-state index contributed by atoms with van der Waals surface area (Å²) in [7, 11) is 2.92. The average Bonchev–Trinajstić information content (AvgIpc) is 2.03. The first-order chi connectivity index (χ1) is 6.64. The lowest BCUT2D eigenvalue weighted by Gasteiger charge is -2.35. The van der Waals surface area contributed by atoms with E-state index in [9.17, 15) is 13.6 Å². The molecule has 0 aliphatic rings. The number of carboxylic acid groups (broad SMARTS) is 1. The predicted molar refractivity (Wildman–Crippen MR) is 53.9 cm³/mol. The lowest BCUT2D eigenvalue weighted by atomic mass is 10.7. The summed E-state index contributed by atoms with van der Waals surface area (Å²) in [5.74, 6) is -2.18. The standard InChI is InChI=1S/C7H15F2N2O3P/c1-10(2)15(14-5,11(3)4)7(8,9)6(12)13/h1-5H3/p+1. The van der Waals surface area contributed by atoms with Gasteiger partial charge in [0.05, 0.1) is 7.11 Å². The van der Waals surface area contributed by atoms with Gasteiger partial charge in [0.2, 0.25) is 0 Å². The number of halogens is 2. The normalized spacial score (nSPS) is 13.7. The Morgan fingerprint density at radius 1 is 1.27 bits per heavy atom. The molecule has 0 amide bonds. The highest BCUT2D eigenvalue weighted by atomic mass is 31.2. The topological polar surface area (TPSA) is 53.0 Å². The number of carboxylic acids is 1. The quantitative estimate of drug-likeness (QED) is 0.737. The summed E-state index contributed by atoms with van der Waals surface area (Å²) >= 11 is 0. The fourth-order valence-electron chi connectivity index (χ4n) is 1.43. The van der Waals surface area contributed by atoms with Crippen molar-refractivity contribution in [1.82, 2.24) is 9.34 Å². The zero-order chi connectivity index (χ0) is 12.4. The molecule has 0 aromatic carbocycles. The molecule has 0 spiro atoms. The van der Waals surface area contributed by atoms with Crippen molar-refractivity contribution in [3.63, 3.8) is 0 Å². The van der Waals surface area contributed by atoms with Gasteiger partial charge in [0, 0.05) is 28.2 Å². The van der Waals surface area contributed by atoms with Crippen LogP contribution in [0.2, 0.25) is 0 Å². The van der Waals surface area contributed by atoms with Gasteiger partial charge in [-0.25, -0.2) is 4.79 Å². The van der Waals surface area contributed by atoms with Gasteiger partial charge >= 0.3 is 19.4 Å². The molecule has 0 rings (SSSR count). The van der Waals surface area contributed by atoms with Crippen molar-refractivity contribution in [1.29, 1.82) is 0 Å². The van der Waals surface area contributed by atoms with Gasteiger partial charge in [-0.15, -0.1) is 9.34 Å². The zero-order valence-corrected chi connectivity index (χ0v) is 10.3. The molecule has 0 saturated heterocycles. The smallest absolute Gasteiger partial charge is 0.474 e. The number of alkyl halides is 2. The monoisotopic (exact) mass is 245 g/mol. The maximum absolute atomic E-state index is 13.6. The number of carbonyl (C=O) groups is 1. The minimum Gasteiger partial charge on any atom is -0.474 e. The van der Waals surface area contributed by atoms with E-state index in [1.54, 1.807) is 0 Å². The molecule has 0 radical (unpaired) electrons. The molecule has 0 aliphatic carbocycles. The van der Waals surface area contributed by atoms with Crippen molar-refractivity contribution in [2.75, 3.05) is 35.3 Å². The molecule has 0 heterocycles. The number of aliphatic carboxylic acids is 1. The van der Waals surface area contributed by atoms with Crippen LogP contribution in [0.5, 0.6) is 0 Å². The lowest BCUT2D eigenvalue weighted by molar-refractivity contribution is -0.155.